The first-order chi connectivity index (χ1) is 21.0. The standard InChI is InChI=1S/C34H35ClFN3O4S/c1-4-37-34(41)32(21-26-8-6-5-7-9-26)38(22-27-11-15-29(36)16-12-27)33(40)23-39(30-17-10-24(2)25(3)20-30)44(42,43)31-18-13-28(35)14-19-31/h5-20,32H,4,21-23H2,1-3H3,(H,37,41). The van der Waals surface area contributed by atoms with E-state index in [4.69, 9.17) is 11.6 Å². The molecule has 44 heavy (non-hydrogen) atoms. The van der Waals surface area contributed by atoms with E-state index in [1.807, 2.05) is 44.2 Å². The number of aryl methyl sites for hydroxylation is 2. The number of rotatable bonds is 12. The molecular weight excluding hydrogens is 601 g/mol. The van der Waals surface area contributed by atoms with Gasteiger partial charge in [0.15, 0.2) is 0 Å². The third-order valence-corrected chi connectivity index (χ3v) is 9.39. The molecule has 0 fully saturated rings. The van der Waals surface area contributed by atoms with Crippen molar-refractivity contribution in [3.8, 4) is 0 Å². The highest BCUT2D eigenvalue weighted by atomic mass is 35.5. The van der Waals surface area contributed by atoms with Gasteiger partial charge in [0, 0.05) is 24.5 Å². The van der Waals surface area contributed by atoms with Crippen molar-refractivity contribution < 1.29 is 22.4 Å². The van der Waals surface area contributed by atoms with Gasteiger partial charge in [0.25, 0.3) is 10.0 Å². The molecule has 4 aromatic carbocycles. The van der Waals surface area contributed by atoms with Crippen LogP contribution in [0.5, 0.6) is 0 Å². The molecule has 1 atom stereocenters. The molecule has 0 aromatic heterocycles. The molecule has 0 aliphatic heterocycles. The maximum absolute atomic E-state index is 14.4. The molecule has 0 bridgehead atoms. The number of hydrogen-bond donors (Lipinski definition) is 1. The molecule has 0 spiro atoms. The van der Waals surface area contributed by atoms with Gasteiger partial charge in [0.05, 0.1) is 10.6 Å². The fraction of sp³-hybridized carbons (Fsp3) is 0.235. The van der Waals surface area contributed by atoms with Crippen molar-refractivity contribution >= 4 is 39.1 Å². The van der Waals surface area contributed by atoms with Gasteiger partial charge in [-0.25, -0.2) is 12.8 Å². The van der Waals surface area contributed by atoms with E-state index in [-0.39, 0.29) is 23.8 Å². The number of carbonyl (C=O) groups is 2. The second-order valence-corrected chi connectivity index (χ2v) is 12.8. The second-order valence-electron chi connectivity index (χ2n) is 10.5. The van der Waals surface area contributed by atoms with Gasteiger partial charge < -0.3 is 10.2 Å². The van der Waals surface area contributed by atoms with Crippen molar-refractivity contribution in [2.45, 2.75) is 44.7 Å². The minimum absolute atomic E-state index is 0.0393. The number of benzene rings is 4. The number of amides is 2. The fourth-order valence-electron chi connectivity index (χ4n) is 4.78. The maximum Gasteiger partial charge on any atom is 0.264 e. The molecule has 230 valence electrons. The molecule has 0 saturated heterocycles. The Hall–Kier alpha value is -4.21. The van der Waals surface area contributed by atoms with Gasteiger partial charge in [-0.1, -0.05) is 60.1 Å². The predicted octanol–water partition coefficient (Wildman–Crippen LogP) is 6.07. The number of hydrogen-bond acceptors (Lipinski definition) is 4. The van der Waals surface area contributed by atoms with Crippen LogP contribution >= 0.6 is 11.6 Å². The smallest absolute Gasteiger partial charge is 0.264 e. The molecule has 7 nitrogen and oxygen atoms in total. The molecular formula is C34H35ClFN3O4S. The van der Waals surface area contributed by atoms with Crippen LogP contribution in [0.2, 0.25) is 5.02 Å². The zero-order chi connectivity index (χ0) is 31.9. The summed E-state index contributed by atoms with van der Waals surface area (Å²) in [5.74, 6) is -1.42. The highest BCUT2D eigenvalue weighted by Gasteiger charge is 2.34. The van der Waals surface area contributed by atoms with Gasteiger partial charge in [0.2, 0.25) is 11.8 Å². The minimum atomic E-state index is -4.25. The average Bonchev–Trinajstić information content (AvgIpc) is 3.00. The van der Waals surface area contributed by atoms with Crippen LogP contribution in [0.15, 0.2) is 102 Å². The summed E-state index contributed by atoms with van der Waals surface area (Å²) >= 11 is 6.04. The number of carbonyl (C=O) groups excluding carboxylic acids is 2. The van der Waals surface area contributed by atoms with Crippen molar-refractivity contribution in [3.63, 3.8) is 0 Å². The van der Waals surface area contributed by atoms with Gasteiger partial charge in [-0.15, -0.1) is 0 Å². The molecule has 0 radical (unpaired) electrons. The Morgan fingerprint density at radius 1 is 0.864 bits per heavy atom. The normalized spacial score (nSPS) is 11.9. The van der Waals surface area contributed by atoms with Crippen molar-refractivity contribution in [1.29, 1.82) is 0 Å². The van der Waals surface area contributed by atoms with E-state index < -0.39 is 34.3 Å². The largest absolute Gasteiger partial charge is 0.355 e. The summed E-state index contributed by atoms with van der Waals surface area (Å²) in [6.45, 7) is 5.26. The Kier molecular flexibility index (Phi) is 10.8. The fourth-order valence-corrected chi connectivity index (χ4v) is 6.31. The van der Waals surface area contributed by atoms with Crippen LogP contribution in [0.1, 0.15) is 29.2 Å². The van der Waals surface area contributed by atoms with E-state index in [1.54, 1.807) is 37.3 Å². The summed E-state index contributed by atoms with van der Waals surface area (Å²) < 4.78 is 43.0. The Balaban J connectivity index is 1.81. The first-order valence-electron chi connectivity index (χ1n) is 14.2. The van der Waals surface area contributed by atoms with E-state index in [2.05, 4.69) is 5.32 Å². The third-order valence-electron chi connectivity index (χ3n) is 7.35. The van der Waals surface area contributed by atoms with Crippen molar-refractivity contribution in [3.05, 3.63) is 130 Å². The SMILES string of the molecule is CCNC(=O)C(Cc1ccccc1)N(Cc1ccc(F)cc1)C(=O)CN(c1ccc(C)c(C)c1)S(=O)(=O)c1ccc(Cl)cc1. The molecule has 1 unspecified atom stereocenters. The molecule has 4 rings (SSSR count). The summed E-state index contributed by atoms with van der Waals surface area (Å²) in [5.41, 5.74) is 3.51. The molecule has 0 aliphatic carbocycles. The van der Waals surface area contributed by atoms with Gasteiger partial charge in [-0.3, -0.25) is 13.9 Å². The minimum Gasteiger partial charge on any atom is -0.355 e. The molecule has 1 N–H and O–H groups in total. The van der Waals surface area contributed by atoms with Gasteiger partial charge in [-0.05, 0) is 91.6 Å². The highest BCUT2D eigenvalue weighted by molar-refractivity contribution is 7.92. The number of nitrogens with zero attached hydrogens (tertiary/aromatic N) is 2. The lowest BCUT2D eigenvalue weighted by Gasteiger charge is -2.34. The quantitative estimate of drug-likeness (QED) is 0.205. The Morgan fingerprint density at radius 2 is 1.52 bits per heavy atom. The summed E-state index contributed by atoms with van der Waals surface area (Å²) in [5, 5.41) is 3.19. The van der Waals surface area contributed by atoms with Crippen molar-refractivity contribution in [1.82, 2.24) is 10.2 Å². The van der Waals surface area contributed by atoms with E-state index in [9.17, 15) is 22.4 Å². The van der Waals surface area contributed by atoms with E-state index in [1.165, 1.54) is 41.3 Å². The monoisotopic (exact) mass is 635 g/mol. The zero-order valence-corrected chi connectivity index (χ0v) is 26.4. The van der Waals surface area contributed by atoms with Crippen LogP contribution in [0.3, 0.4) is 0 Å². The Labute approximate surface area is 263 Å². The summed E-state index contributed by atoms with van der Waals surface area (Å²) in [6.07, 6.45) is 0.188. The highest BCUT2D eigenvalue weighted by Crippen LogP contribution is 2.27. The molecule has 4 aromatic rings. The van der Waals surface area contributed by atoms with E-state index >= 15 is 0 Å². The van der Waals surface area contributed by atoms with Crippen molar-refractivity contribution in [2.75, 3.05) is 17.4 Å². The van der Waals surface area contributed by atoms with Crippen LogP contribution in [0.4, 0.5) is 10.1 Å². The third kappa shape index (κ3) is 8.03. The summed E-state index contributed by atoms with van der Waals surface area (Å²) in [6, 6.07) is 24.8. The predicted molar refractivity (Wildman–Crippen MR) is 171 cm³/mol. The lowest BCUT2D eigenvalue weighted by Crippen LogP contribution is -2.53. The number of likely N-dealkylation sites (N-methyl/N-ethyl adjacent to an activating group) is 1. The molecule has 10 heteroatoms. The lowest BCUT2D eigenvalue weighted by molar-refractivity contribution is -0.140. The van der Waals surface area contributed by atoms with Gasteiger partial charge in [-0.2, -0.15) is 0 Å². The number of nitrogens with one attached hydrogen (secondary N) is 1. The summed E-state index contributed by atoms with van der Waals surface area (Å²) in [7, 11) is -4.25. The van der Waals surface area contributed by atoms with Crippen LogP contribution in [0, 0.1) is 19.7 Å². The van der Waals surface area contributed by atoms with Crippen LogP contribution < -0.4 is 9.62 Å². The zero-order valence-electron chi connectivity index (χ0n) is 24.8. The van der Waals surface area contributed by atoms with Crippen LogP contribution in [-0.4, -0.2) is 44.3 Å². The summed E-state index contributed by atoms with van der Waals surface area (Å²) in [4.78, 5) is 29.2. The Bertz CT molecular complexity index is 1700. The molecule has 2 amide bonds. The van der Waals surface area contributed by atoms with E-state index in [0.717, 1.165) is 21.0 Å². The number of halogens is 2. The molecule has 0 heterocycles. The average molecular weight is 636 g/mol. The first-order valence-corrected chi connectivity index (χ1v) is 16.0. The van der Waals surface area contributed by atoms with Crippen molar-refractivity contribution in [2.24, 2.45) is 0 Å². The van der Waals surface area contributed by atoms with Gasteiger partial charge >= 0.3 is 0 Å². The second kappa shape index (κ2) is 14.5. The van der Waals surface area contributed by atoms with Crippen LogP contribution in [-0.2, 0) is 32.6 Å². The van der Waals surface area contributed by atoms with E-state index in [0.29, 0.717) is 22.8 Å². The Morgan fingerprint density at radius 3 is 2.14 bits per heavy atom. The van der Waals surface area contributed by atoms with Crippen LogP contribution in [0.25, 0.3) is 0 Å². The topological polar surface area (TPSA) is 86.8 Å². The van der Waals surface area contributed by atoms with Gasteiger partial charge in [0.1, 0.15) is 18.4 Å². The number of anilines is 1. The number of sulfonamides is 1. The maximum atomic E-state index is 14.4. The molecule has 0 saturated carbocycles. The lowest BCUT2D eigenvalue weighted by atomic mass is 10.0. The first kappa shape index (κ1) is 32.7. The molecule has 0 aliphatic rings.